The maximum absolute atomic E-state index is 5.21. The Morgan fingerprint density at radius 1 is 1.21 bits per heavy atom. The minimum absolute atomic E-state index is 0.655. The highest BCUT2D eigenvalue weighted by molar-refractivity contribution is 5.52. The van der Waals surface area contributed by atoms with Crippen LogP contribution in [0.15, 0.2) is 24.3 Å². The van der Waals surface area contributed by atoms with Gasteiger partial charge in [-0.2, -0.15) is 0 Å². The number of methoxy groups -OCH3 is 1. The molecule has 2 unspecified atom stereocenters. The molecule has 1 aromatic rings. The molecule has 1 aliphatic carbocycles. The Labute approximate surface area is 117 Å². The molecule has 1 N–H and O–H groups in total. The van der Waals surface area contributed by atoms with Gasteiger partial charge in [0.2, 0.25) is 0 Å². The van der Waals surface area contributed by atoms with E-state index in [0.717, 1.165) is 18.9 Å². The van der Waals surface area contributed by atoms with Crippen LogP contribution in [0.25, 0.3) is 0 Å². The first-order valence-corrected chi connectivity index (χ1v) is 7.68. The van der Waals surface area contributed by atoms with Crippen LogP contribution < -0.4 is 5.32 Å². The van der Waals surface area contributed by atoms with Crippen LogP contribution in [-0.2, 0) is 11.2 Å². The molecule has 0 aliphatic heterocycles. The monoisotopic (exact) mass is 261 g/mol. The van der Waals surface area contributed by atoms with Crippen molar-refractivity contribution < 1.29 is 4.74 Å². The SMILES string of the molecule is CCC1CCCCC1Nc1ccccc1CCOC. The van der Waals surface area contributed by atoms with Crippen LogP contribution >= 0.6 is 0 Å². The lowest BCUT2D eigenvalue weighted by atomic mass is 9.82. The van der Waals surface area contributed by atoms with Crippen molar-refractivity contribution in [3.8, 4) is 0 Å². The van der Waals surface area contributed by atoms with Crippen molar-refractivity contribution in [1.82, 2.24) is 0 Å². The summed E-state index contributed by atoms with van der Waals surface area (Å²) < 4.78 is 5.21. The molecule has 2 nitrogen and oxygen atoms in total. The molecule has 0 heterocycles. The predicted octanol–water partition coefficient (Wildman–Crippen LogP) is 4.26. The minimum Gasteiger partial charge on any atom is -0.384 e. The molecule has 0 saturated heterocycles. The highest BCUT2D eigenvalue weighted by atomic mass is 16.5. The summed E-state index contributed by atoms with van der Waals surface area (Å²) in [5, 5.41) is 3.80. The number of nitrogens with one attached hydrogen (secondary N) is 1. The van der Waals surface area contributed by atoms with Crippen LogP contribution in [0.4, 0.5) is 5.69 Å². The summed E-state index contributed by atoms with van der Waals surface area (Å²) in [6.07, 6.45) is 7.75. The zero-order valence-corrected chi connectivity index (χ0v) is 12.3. The van der Waals surface area contributed by atoms with Crippen molar-refractivity contribution in [2.24, 2.45) is 5.92 Å². The standard InChI is InChI=1S/C17H27NO/c1-3-14-8-4-6-10-16(14)18-17-11-7-5-9-15(17)12-13-19-2/h5,7,9,11,14,16,18H,3-4,6,8,10,12-13H2,1-2H3. The van der Waals surface area contributed by atoms with Gasteiger partial charge in [-0.1, -0.05) is 44.4 Å². The number of hydrogen-bond acceptors (Lipinski definition) is 2. The van der Waals surface area contributed by atoms with E-state index in [9.17, 15) is 0 Å². The highest BCUT2D eigenvalue weighted by Gasteiger charge is 2.23. The number of hydrogen-bond donors (Lipinski definition) is 1. The van der Waals surface area contributed by atoms with E-state index in [0.29, 0.717) is 6.04 Å². The quantitative estimate of drug-likeness (QED) is 0.826. The van der Waals surface area contributed by atoms with Crippen molar-refractivity contribution in [3.63, 3.8) is 0 Å². The van der Waals surface area contributed by atoms with Crippen LogP contribution in [-0.4, -0.2) is 19.8 Å². The van der Waals surface area contributed by atoms with Crippen molar-refractivity contribution in [1.29, 1.82) is 0 Å². The zero-order valence-electron chi connectivity index (χ0n) is 12.3. The summed E-state index contributed by atoms with van der Waals surface area (Å²) in [6, 6.07) is 9.33. The summed E-state index contributed by atoms with van der Waals surface area (Å²) in [4.78, 5) is 0. The van der Waals surface area contributed by atoms with E-state index in [1.807, 2.05) is 0 Å². The molecule has 19 heavy (non-hydrogen) atoms. The van der Waals surface area contributed by atoms with E-state index in [-0.39, 0.29) is 0 Å². The molecule has 0 radical (unpaired) electrons. The van der Waals surface area contributed by atoms with Gasteiger partial charge in [-0.05, 0) is 36.8 Å². The van der Waals surface area contributed by atoms with E-state index in [4.69, 9.17) is 4.74 Å². The van der Waals surface area contributed by atoms with Gasteiger partial charge in [0, 0.05) is 18.8 Å². The Morgan fingerprint density at radius 2 is 2.00 bits per heavy atom. The van der Waals surface area contributed by atoms with Crippen LogP contribution in [0.1, 0.15) is 44.6 Å². The molecule has 0 bridgehead atoms. The number of para-hydroxylation sites is 1. The molecule has 0 amide bonds. The Bertz CT molecular complexity index is 377. The van der Waals surface area contributed by atoms with Gasteiger partial charge in [-0.3, -0.25) is 0 Å². The Kier molecular flexibility index (Phi) is 5.71. The molecule has 106 valence electrons. The molecular weight excluding hydrogens is 234 g/mol. The van der Waals surface area contributed by atoms with Crippen molar-refractivity contribution in [2.75, 3.05) is 19.0 Å². The third kappa shape index (κ3) is 3.97. The fraction of sp³-hybridized carbons (Fsp3) is 0.647. The molecule has 2 heteroatoms. The molecule has 2 atom stereocenters. The zero-order chi connectivity index (χ0) is 13.5. The summed E-state index contributed by atoms with van der Waals surface area (Å²) in [7, 11) is 1.77. The molecule has 1 aliphatic rings. The van der Waals surface area contributed by atoms with Gasteiger partial charge in [0.25, 0.3) is 0 Å². The molecule has 1 saturated carbocycles. The number of anilines is 1. The first kappa shape index (κ1) is 14.4. The predicted molar refractivity (Wildman–Crippen MR) is 81.7 cm³/mol. The fourth-order valence-electron chi connectivity index (χ4n) is 3.18. The highest BCUT2D eigenvalue weighted by Crippen LogP contribution is 2.30. The molecule has 0 aromatic heterocycles. The third-order valence-electron chi connectivity index (χ3n) is 4.37. The lowest BCUT2D eigenvalue weighted by Gasteiger charge is -2.33. The van der Waals surface area contributed by atoms with Gasteiger partial charge < -0.3 is 10.1 Å². The van der Waals surface area contributed by atoms with Gasteiger partial charge in [0.1, 0.15) is 0 Å². The van der Waals surface area contributed by atoms with Crippen LogP contribution in [0.5, 0.6) is 0 Å². The molecule has 1 fully saturated rings. The van der Waals surface area contributed by atoms with Crippen molar-refractivity contribution in [3.05, 3.63) is 29.8 Å². The number of benzene rings is 1. The molecule has 2 rings (SSSR count). The Balaban J connectivity index is 2.04. The van der Waals surface area contributed by atoms with Crippen molar-refractivity contribution in [2.45, 2.75) is 51.5 Å². The van der Waals surface area contributed by atoms with E-state index < -0.39 is 0 Å². The fourth-order valence-corrected chi connectivity index (χ4v) is 3.18. The number of rotatable bonds is 6. The van der Waals surface area contributed by atoms with Crippen molar-refractivity contribution >= 4 is 5.69 Å². The second kappa shape index (κ2) is 7.54. The molecular formula is C17H27NO. The van der Waals surface area contributed by atoms with Gasteiger partial charge in [0.15, 0.2) is 0 Å². The van der Waals surface area contributed by atoms with Gasteiger partial charge in [-0.15, -0.1) is 0 Å². The largest absolute Gasteiger partial charge is 0.384 e. The summed E-state index contributed by atoms with van der Waals surface area (Å²) >= 11 is 0. The van der Waals surface area contributed by atoms with Crippen LogP contribution in [0.3, 0.4) is 0 Å². The van der Waals surface area contributed by atoms with Crippen LogP contribution in [0.2, 0.25) is 0 Å². The normalized spacial score (nSPS) is 23.3. The van der Waals surface area contributed by atoms with E-state index >= 15 is 0 Å². The van der Waals surface area contributed by atoms with Gasteiger partial charge >= 0.3 is 0 Å². The summed E-state index contributed by atoms with van der Waals surface area (Å²) in [6.45, 7) is 3.11. The molecule has 0 spiro atoms. The minimum atomic E-state index is 0.655. The topological polar surface area (TPSA) is 21.3 Å². The smallest absolute Gasteiger partial charge is 0.0503 e. The van der Waals surface area contributed by atoms with E-state index in [1.54, 1.807) is 7.11 Å². The second-order valence-corrected chi connectivity index (χ2v) is 5.60. The second-order valence-electron chi connectivity index (χ2n) is 5.60. The Hall–Kier alpha value is -1.02. The average Bonchev–Trinajstić information content (AvgIpc) is 2.47. The Morgan fingerprint density at radius 3 is 2.79 bits per heavy atom. The van der Waals surface area contributed by atoms with E-state index in [2.05, 4.69) is 36.5 Å². The molecule has 1 aromatic carbocycles. The number of ether oxygens (including phenoxy) is 1. The van der Waals surface area contributed by atoms with Gasteiger partial charge in [-0.25, -0.2) is 0 Å². The average molecular weight is 261 g/mol. The first-order chi connectivity index (χ1) is 9.35. The first-order valence-electron chi connectivity index (χ1n) is 7.68. The lowest BCUT2D eigenvalue weighted by molar-refractivity contribution is 0.202. The lowest BCUT2D eigenvalue weighted by Crippen LogP contribution is -2.32. The van der Waals surface area contributed by atoms with Crippen LogP contribution in [0, 0.1) is 5.92 Å². The maximum Gasteiger partial charge on any atom is 0.0503 e. The summed E-state index contributed by atoms with van der Waals surface area (Å²) in [5.74, 6) is 0.837. The third-order valence-corrected chi connectivity index (χ3v) is 4.37. The maximum atomic E-state index is 5.21. The van der Waals surface area contributed by atoms with Gasteiger partial charge in [0.05, 0.1) is 6.61 Å². The van der Waals surface area contributed by atoms with E-state index in [1.165, 1.54) is 43.4 Å². The summed E-state index contributed by atoms with van der Waals surface area (Å²) in [5.41, 5.74) is 2.69.